The third-order valence-corrected chi connectivity index (χ3v) is 4.16. The fourth-order valence-electron chi connectivity index (χ4n) is 2.73. The SMILES string of the molecule is CCCCCCC1OC1CCC1CC1CO. The van der Waals surface area contributed by atoms with E-state index in [9.17, 15) is 0 Å². The van der Waals surface area contributed by atoms with Crippen molar-refractivity contribution in [3.63, 3.8) is 0 Å². The molecule has 1 aliphatic heterocycles. The summed E-state index contributed by atoms with van der Waals surface area (Å²) in [5, 5.41) is 8.94. The minimum absolute atomic E-state index is 0.399. The van der Waals surface area contributed by atoms with Gasteiger partial charge in [0, 0.05) is 6.61 Å². The molecule has 1 saturated heterocycles. The lowest BCUT2D eigenvalue weighted by Crippen LogP contribution is -1.96. The molecular formula is C14H26O2. The molecule has 2 heteroatoms. The van der Waals surface area contributed by atoms with Crippen LogP contribution in [0, 0.1) is 11.8 Å². The molecule has 0 spiro atoms. The summed E-state index contributed by atoms with van der Waals surface area (Å²) in [5.74, 6) is 1.44. The van der Waals surface area contributed by atoms with Gasteiger partial charge in [0.2, 0.25) is 0 Å². The Kier molecular flexibility index (Phi) is 4.66. The van der Waals surface area contributed by atoms with Gasteiger partial charge in [0.25, 0.3) is 0 Å². The molecule has 0 aromatic heterocycles. The topological polar surface area (TPSA) is 32.8 Å². The first-order chi connectivity index (χ1) is 7.85. The van der Waals surface area contributed by atoms with Crippen LogP contribution < -0.4 is 0 Å². The quantitative estimate of drug-likeness (QED) is 0.484. The number of epoxide rings is 1. The molecule has 16 heavy (non-hydrogen) atoms. The van der Waals surface area contributed by atoms with E-state index in [0.29, 0.717) is 24.7 Å². The van der Waals surface area contributed by atoms with E-state index in [-0.39, 0.29) is 0 Å². The number of ether oxygens (including phenoxy) is 1. The molecule has 0 aromatic rings. The van der Waals surface area contributed by atoms with Crippen molar-refractivity contribution in [1.29, 1.82) is 0 Å². The Morgan fingerprint density at radius 2 is 1.81 bits per heavy atom. The molecule has 4 atom stereocenters. The van der Waals surface area contributed by atoms with Gasteiger partial charge in [-0.05, 0) is 37.5 Å². The molecule has 1 N–H and O–H groups in total. The van der Waals surface area contributed by atoms with Crippen LogP contribution >= 0.6 is 0 Å². The van der Waals surface area contributed by atoms with Crippen LogP contribution in [0.3, 0.4) is 0 Å². The number of aliphatic hydroxyl groups excluding tert-OH is 1. The fraction of sp³-hybridized carbons (Fsp3) is 1.00. The maximum absolute atomic E-state index is 8.94. The summed E-state index contributed by atoms with van der Waals surface area (Å²) in [6, 6.07) is 0. The standard InChI is InChI=1S/C14H26O2/c1-2-3-4-5-6-13-14(16-13)8-7-11-9-12(11)10-15/h11-15H,2-10H2,1H3. The zero-order valence-electron chi connectivity index (χ0n) is 10.5. The lowest BCUT2D eigenvalue weighted by molar-refractivity contribution is 0.265. The number of unbranched alkanes of at least 4 members (excludes halogenated alkanes) is 3. The maximum atomic E-state index is 8.94. The zero-order valence-corrected chi connectivity index (χ0v) is 10.5. The van der Waals surface area contributed by atoms with Crippen molar-refractivity contribution in [3.05, 3.63) is 0 Å². The van der Waals surface area contributed by atoms with Crippen molar-refractivity contribution in [3.8, 4) is 0 Å². The summed E-state index contributed by atoms with van der Waals surface area (Å²) in [7, 11) is 0. The van der Waals surface area contributed by atoms with Crippen molar-refractivity contribution < 1.29 is 9.84 Å². The van der Waals surface area contributed by atoms with E-state index in [4.69, 9.17) is 9.84 Å². The van der Waals surface area contributed by atoms with Gasteiger partial charge < -0.3 is 9.84 Å². The summed E-state index contributed by atoms with van der Waals surface area (Å²) in [6.07, 6.45) is 11.6. The average molecular weight is 226 g/mol. The van der Waals surface area contributed by atoms with Gasteiger partial charge in [-0.25, -0.2) is 0 Å². The van der Waals surface area contributed by atoms with Gasteiger partial charge in [-0.1, -0.05) is 32.6 Å². The average Bonchev–Trinajstić information content (AvgIpc) is 3.17. The Labute approximate surface area is 99.4 Å². The van der Waals surface area contributed by atoms with Crippen molar-refractivity contribution in [2.24, 2.45) is 11.8 Å². The van der Waals surface area contributed by atoms with Crippen molar-refractivity contribution >= 4 is 0 Å². The van der Waals surface area contributed by atoms with Crippen molar-refractivity contribution in [2.75, 3.05) is 6.61 Å². The predicted octanol–water partition coefficient (Wildman–Crippen LogP) is 3.13. The second-order valence-corrected chi connectivity index (χ2v) is 5.58. The molecule has 4 unspecified atom stereocenters. The summed E-state index contributed by atoms with van der Waals surface area (Å²) in [4.78, 5) is 0. The third-order valence-electron chi connectivity index (χ3n) is 4.16. The molecule has 2 aliphatic rings. The normalized spacial score (nSPS) is 36.4. The minimum atomic E-state index is 0.399. The molecule has 94 valence electrons. The highest BCUT2D eigenvalue weighted by Gasteiger charge is 2.41. The van der Waals surface area contributed by atoms with Crippen LogP contribution in [-0.4, -0.2) is 23.9 Å². The van der Waals surface area contributed by atoms with Crippen LogP contribution in [-0.2, 0) is 4.74 Å². The molecule has 2 rings (SSSR count). The summed E-state index contributed by atoms with van der Waals surface area (Å²) >= 11 is 0. The maximum Gasteiger partial charge on any atom is 0.0842 e. The van der Waals surface area contributed by atoms with Gasteiger partial charge >= 0.3 is 0 Å². The number of aliphatic hydroxyl groups is 1. The van der Waals surface area contributed by atoms with Crippen LogP contribution in [0.5, 0.6) is 0 Å². The van der Waals surface area contributed by atoms with Crippen LogP contribution in [0.4, 0.5) is 0 Å². The zero-order chi connectivity index (χ0) is 11.4. The van der Waals surface area contributed by atoms with E-state index >= 15 is 0 Å². The molecule has 2 fully saturated rings. The van der Waals surface area contributed by atoms with Gasteiger partial charge in [-0.15, -0.1) is 0 Å². The van der Waals surface area contributed by atoms with Crippen LogP contribution in [0.15, 0.2) is 0 Å². The highest BCUT2D eigenvalue weighted by molar-refractivity contribution is 4.90. The Bertz CT molecular complexity index is 205. The summed E-state index contributed by atoms with van der Waals surface area (Å²) < 4.78 is 5.68. The lowest BCUT2D eigenvalue weighted by Gasteiger charge is -1.97. The Balaban J connectivity index is 1.42. The van der Waals surface area contributed by atoms with Crippen molar-refractivity contribution in [1.82, 2.24) is 0 Å². The number of hydrogen-bond acceptors (Lipinski definition) is 2. The molecule has 1 saturated carbocycles. The molecule has 2 nitrogen and oxygen atoms in total. The molecule has 0 radical (unpaired) electrons. The van der Waals surface area contributed by atoms with Gasteiger partial charge in [-0.3, -0.25) is 0 Å². The first-order valence-corrected chi connectivity index (χ1v) is 7.11. The van der Waals surface area contributed by atoms with Crippen LogP contribution in [0.2, 0.25) is 0 Å². The van der Waals surface area contributed by atoms with Crippen molar-refractivity contribution in [2.45, 2.75) is 70.5 Å². The molecular weight excluding hydrogens is 200 g/mol. The predicted molar refractivity (Wildman–Crippen MR) is 65.3 cm³/mol. The van der Waals surface area contributed by atoms with Crippen LogP contribution in [0.25, 0.3) is 0 Å². The van der Waals surface area contributed by atoms with Gasteiger partial charge in [0.15, 0.2) is 0 Å². The first-order valence-electron chi connectivity index (χ1n) is 7.11. The minimum Gasteiger partial charge on any atom is -0.396 e. The molecule has 1 aliphatic carbocycles. The number of hydrogen-bond donors (Lipinski definition) is 1. The highest BCUT2D eigenvalue weighted by atomic mass is 16.6. The summed E-state index contributed by atoms with van der Waals surface area (Å²) in [6.45, 7) is 2.65. The second kappa shape index (κ2) is 6.02. The molecule has 1 heterocycles. The molecule has 0 bridgehead atoms. The van der Waals surface area contributed by atoms with E-state index in [1.165, 1.54) is 51.4 Å². The van der Waals surface area contributed by atoms with E-state index in [0.717, 1.165) is 5.92 Å². The Morgan fingerprint density at radius 3 is 2.50 bits per heavy atom. The van der Waals surface area contributed by atoms with E-state index in [2.05, 4.69) is 6.92 Å². The largest absolute Gasteiger partial charge is 0.396 e. The van der Waals surface area contributed by atoms with E-state index in [1.54, 1.807) is 0 Å². The van der Waals surface area contributed by atoms with Gasteiger partial charge in [-0.2, -0.15) is 0 Å². The van der Waals surface area contributed by atoms with E-state index in [1.807, 2.05) is 0 Å². The van der Waals surface area contributed by atoms with E-state index < -0.39 is 0 Å². The molecule has 0 aromatic carbocycles. The highest BCUT2D eigenvalue weighted by Crippen LogP contribution is 2.43. The lowest BCUT2D eigenvalue weighted by atomic mass is 10.1. The van der Waals surface area contributed by atoms with Gasteiger partial charge in [0.1, 0.15) is 0 Å². The molecule has 0 amide bonds. The smallest absolute Gasteiger partial charge is 0.0842 e. The number of rotatable bonds is 9. The monoisotopic (exact) mass is 226 g/mol. The van der Waals surface area contributed by atoms with Gasteiger partial charge in [0.05, 0.1) is 12.2 Å². The third kappa shape index (κ3) is 3.74. The van der Waals surface area contributed by atoms with Crippen LogP contribution in [0.1, 0.15) is 58.3 Å². The Morgan fingerprint density at radius 1 is 1.00 bits per heavy atom. The second-order valence-electron chi connectivity index (χ2n) is 5.58. The fourth-order valence-corrected chi connectivity index (χ4v) is 2.73. The summed E-state index contributed by atoms with van der Waals surface area (Å²) in [5.41, 5.74) is 0. The Hall–Kier alpha value is -0.0800. The first kappa shape index (κ1) is 12.4.